The highest BCUT2D eigenvalue weighted by Gasteiger charge is 1.83. The van der Waals surface area contributed by atoms with Gasteiger partial charge in [-0.2, -0.15) is 0 Å². The predicted octanol–water partition coefficient (Wildman–Crippen LogP) is 1.43. The second-order valence-corrected chi connectivity index (χ2v) is 3.49. The summed E-state index contributed by atoms with van der Waals surface area (Å²) in [6, 6.07) is 0. The summed E-state index contributed by atoms with van der Waals surface area (Å²) < 4.78 is 0. The van der Waals surface area contributed by atoms with Crippen LogP contribution in [0.3, 0.4) is 0 Å². The van der Waals surface area contributed by atoms with Crippen LogP contribution in [0, 0.1) is 0 Å². The predicted molar refractivity (Wildman–Crippen MR) is 72.4 cm³/mol. The van der Waals surface area contributed by atoms with Gasteiger partial charge in [-0.15, -0.1) is 0 Å². The molecule has 110 valence electrons. The largest absolute Gasteiger partial charge is 0.481 e. The van der Waals surface area contributed by atoms with Crippen LogP contribution in [0.5, 0.6) is 0 Å². The van der Waals surface area contributed by atoms with Crippen molar-refractivity contribution in [1.29, 1.82) is 0 Å². The van der Waals surface area contributed by atoms with Crippen LogP contribution < -0.4 is 11.5 Å². The van der Waals surface area contributed by atoms with Crippen molar-refractivity contribution in [3.63, 3.8) is 0 Å². The van der Waals surface area contributed by atoms with Gasteiger partial charge in [0.1, 0.15) is 0 Å². The molecule has 0 bridgehead atoms. The standard InChI is InChI=1S/C6H16N2.2C3H6O2/c7-5-3-1-2-4-6-8;2*1-2-3(4)5/h1-8H2;2*2H2,1H3,(H,4,5). The molecular formula is C12H28N2O4. The summed E-state index contributed by atoms with van der Waals surface area (Å²) in [5.41, 5.74) is 10.6. The zero-order valence-electron chi connectivity index (χ0n) is 11.5. The Morgan fingerprint density at radius 1 is 0.778 bits per heavy atom. The molecule has 0 spiro atoms. The number of nitrogens with two attached hydrogens (primary N) is 2. The van der Waals surface area contributed by atoms with Gasteiger partial charge in [0.15, 0.2) is 0 Å². The Bertz CT molecular complexity index is 167. The van der Waals surface area contributed by atoms with Crippen LogP contribution >= 0.6 is 0 Å². The van der Waals surface area contributed by atoms with Gasteiger partial charge in [0, 0.05) is 12.8 Å². The number of hydrogen-bond acceptors (Lipinski definition) is 4. The van der Waals surface area contributed by atoms with E-state index in [-0.39, 0.29) is 12.8 Å². The lowest BCUT2D eigenvalue weighted by molar-refractivity contribution is -0.137. The zero-order chi connectivity index (χ0) is 14.8. The molecule has 0 aromatic carbocycles. The molecule has 0 saturated carbocycles. The minimum Gasteiger partial charge on any atom is -0.481 e. The summed E-state index contributed by atoms with van der Waals surface area (Å²) in [6.45, 7) is 4.85. The SMILES string of the molecule is CCC(=O)O.CCC(=O)O.NCCCCCCN. The molecule has 0 unspecified atom stereocenters. The van der Waals surface area contributed by atoms with Crippen LogP contribution in [0.2, 0.25) is 0 Å². The lowest BCUT2D eigenvalue weighted by Gasteiger charge is -1.94. The van der Waals surface area contributed by atoms with E-state index in [0.717, 1.165) is 25.9 Å². The summed E-state index contributed by atoms with van der Waals surface area (Å²) in [4.78, 5) is 18.7. The first-order valence-electron chi connectivity index (χ1n) is 6.29. The van der Waals surface area contributed by atoms with Crippen molar-refractivity contribution >= 4 is 11.9 Å². The number of unbranched alkanes of at least 4 members (excludes halogenated alkanes) is 3. The van der Waals surface area contributed by atoms with E-state index < -0.39 is 11.9 Å². The van der Waals surface area contributed by atoms with Crippen LogP contribution in [0.1, 0.15) is 52.4 Å². The molecule has 18 heavy (non-hydrogen) atoms. The van der Waals surface area contributed by atoms with E-state index >= 15 is 0 Å². The van der Waals surface area contributed by atoms with Crippen LogP contribution in [-0.4, -0.2) is 35.2 Å². The maximum absolute atomic E-state index is 9.37. The van der Waals surface area contributed by atoms with Gasteiger partial charge in [-0.1, -0.05) is 26.7 Å². The number of aliphatic carboxylic acids is 2. The van der Waals surface area contributed by atoms with Crippen LogP contribution in [0.25, 0.3) is 0 Å². The third kappa shape index (κ3) is 46.2. The van der Waals surface area contributed by atoms with Crippen molar-refractivity contribution in [3.05, 3.63) is 0 Å². The number of carboxylic acid groups (broad SMARTS) is 2. The molecule has 0 aliphatic carbocycles. The molecular weight excluding hydrogens is 236 g/mol. The molecule has 0 aliphatic heterocycles. The molecule has 6 nitrogen and oxygen atoms in total. The Hall–Kier alpha value is -1.14. The van der Waals surface area contributed by atoms with Crippen LogP contribution in [0.4, 0.5) is 0 Å². The molecule has 6 N–H and O–H groups in total. The molecule has 0 heterocycles. The topological polar surface area (TPSA) is 127 Å². The van der Waals surface area contributed by atoms with E-state index in [9.17, 15) is 9.59 Å². The fourth-order valence-electron chi connectivity index (χ4n) is 0.642. The Kier molecular flexibility index (Phi) is 26.0. The maximum Gasteiger partial charge on any atom is 0.303 e. The van der Waals surface area contributed by atoms with E-state index in [1.807, 2.05) is 0 Å². The Labute approximate surface area is 109 Å². The monoisotopic (exact) mass is 264 g/mol. The van der Waals surface area contributed by atoms with E-state index in [2.05, 4.69) is 0 Å². The fraction of sp³-hybridized carbons (Fsp3) is 0.833. The third-order valence-corrected chi connectivity index (χ3v) is 1.76. The summed E-state index contributed by atoms with van der Waals surface area (Å²) in [5, 5.41) is 15.4. The molecule has 0 radical (unpaired) electrons. The number of rotatable bonds is 7. The molecule has 0 atom stereocenters. The fourth-order valence-corrected chi connectivity index (χ4v) is 0.642. The number of hydrogen-bond donors (Lipinski definition) is 4. The second-order valence-electron chi connectivity index (χ2n) is 3.49. The average Bonchev–Trinajstić information content (AvgIpc) is 2.36. The maximum atomic E-state index is 9.37. The highest BCUT2D eigenvalue weighted by molar-refractivity contribution is 5.66. The molecule has 0 amide bonds. The molecule has 0 fully saturated rings. The summed E-state index contributed by atoms with van der Waals surface area (Å²) in [7, 11) is 0. The first-order chi connectivity index (χ1) is 8.45. The summed E-state index contributed by atoms with van der Waals surface area (Å²) >= 11 is 0. The van der Waals surface area contributed by atoms with E-state index in [0.29, 0.717) is 0 Å². The molecule has 0 aliphatic rings. The van der Waals surface area contributed by atoms with Gasteiger partial charge in [0.25, 0.3) is 0 Å². The second kappa shape index (κ2) is 21.2. The van der Waals surface area contributed by atoms with Gasteiger partial charge in [-0.25, -0.2) is 0 Å². The van der Waals surface area contributed by atoms with Crippen LogP contribution in [-0.2, 0) is 9.59 Å². The highest BCUT2D eigenvalue weighted by atomic mass is 16.4. The van der Waals surface area contributed by atoms with E-state index in [1.54, 1.807) is 13.8 Å². The third-order valence-electron chi connectivity index (χ3n) is 1.76. The van der Waals surface area contributed by atoms with Gasteiger partial charge in [-0.05, 0) is 25.9 Å². The summed E-state index contributed by atoms with van der Waals surface area (Å²) in [6.07, 6.45) is 5.24. The Morgan fingerprint density at radius 2 is 1.00 bits per heavy atom. The van der Waals surface area contributed by atoms with Crippen molar-refractivity contribution < 1.29 is 19.8 Å². The minimum atomic E-state index is -0.745. The van der Waals surface area contributed by atoms with Crippen LogP contribution in [0.15, 0.2) is 0 Å². The lowest BCUT2D eigenvalue weighted by Crippen LogP contribution is -2.00. The first kappa shape index (κ1) is 22.1. The number of carboxylic acids is 2. The molecule has 6 heteroatoms. The van der Waals surface area contributed by atoms with Crippen molar-refractivity contribution in [2.75, 3.05) is 13.1 Å². The average molecular weight is 264 g/mol. The van der Waals surface area contributed by atoms with Crippen molar-refractivity contribution in [2.45, 2.75) is 52.4 Å². The van der Waals surface area contributed by atoms with Gasteiger partial charge < -0.3 is 21.7 Å². The first-order valence-corrected chi connectivity index (χ1v) is 6.29. The van der Waals surface area contributed by atoms with Gasteiger partial charge in [0.2, 0.25) is 0 Å². The van der Waals surface area contributed by atoms with Crippen molar-refractivity contribution in [1.82, 2.24) is 0 Å². The van der Waals surface area contributed by atoms with Gasteiger partial charge in [0.05, 0.1) is 0 Å². The lowest BCUT2D eigenvalue weighted by atomic mass is 10.2. The van der Waals surface area contributed by atoms with E-state index in [4.69, 9.17) is 21.7 Å². The molecule has 0 saturated heterocycles. The molecule has 0 aromatic rings. The van der Waals surface area contributed by atoms with Gasteiger partial charge in [-0.3, -0.25) is 9.59 Å². The van der Waals surface area contributed by atoms with Crippen molar-refractivity contribution in [3.8, 4) is 0 Å². The molecule has 0 aromatic heterocycles. The minimum absolute atomic E-state index is 0.222. The smallest absolute Gasteiger partial charge is 0.303 e. The normalized spacial score (nSPS) is 8.44. The molecule has 0 rings (SSSR count). The highest BCUT2D eigenvalue weighted by Crippen LogP contribution is 1.95. The summed E-state index contributed by atoms with van der Waals surface area (Å²) in [5.74, 6) is -1.49. The van der Waals surface area contributed by atoms with Crippen molar-refractivity contribution in [2.24, 2.45) is 11.5 Å². The number of carbonyl (C=O) groups is 2. The van der Waals surface area contributed by atoms with E-state index in [1.165, 1.54) is 12.8 Å². The van der Waals surface area contributed by atoms with Gasteiger partial charge >= 0.3 is 11.9 Å². The zero-order valence-corrected chi connectivity index (χ0v) is 11.5. The quantitative estimate of drug-likeness (QED) is 0.515. The Balaban J connectivity index is -0.000000197. The Morgan fingerprint density at radius 3 is 1.11 bits per heavy atom.